The molecular formula is C18H17N3O3S3. The number of nitrogens with one attached hydrogen (secondary N) is 1. The predicted octanol–water partition coefficient (Wildman–Crippen LogP) is 3.79. The second kappa shape index (κ2) is 7.51. The smallest absolute Gasteiger partial charge is 0.250 e. The van der Waals surface area contributed by atoms with Gasteiger partial charge in [0.05, 0.1) is 15.1 Å². The van der Waals surface area contributed by atoms with E-state index in [1.54, 1.807) is 35.6 Å². The second-order valence-corrected chi connectivity index (χ2v) is 9.89. The predicted molar refractivity (Wildman–Crippen MR) is 110 cm³/mol. The lowest BCUT2D eigenvalue weighted by Crippen LogP contribution is -2.27. The molecule has 27 heavy (non-hydrogen) atoms. The van der Waals surface area contributed by atoms with Gasteiger partial charge >= 0.3 is 0 Å². The first-order valence-corrected chi connectivity index (χ1v) is 11.6. The van der Waals surface area contributed by atoms with Gasteiger partial charge in [-0.25, -0.2) is 13.4 Å². The molecule has 0 saturated carbocycles. The number of thiazole rings is 1. The van der Waals surface area contributed by atoms with Gasteiger partial charge in [0.2, 0.25) is 15.9 Å². The van der Waals surface area contributed by atoms with Crippen LogP contribution in [-0.2, 0) is 14.8 Å². The number of anilines is 1. The van der Waals surface area contributed by atoms with Crippen LogP contribution in [0.25, 0.3) is 16.3 Å². The fourth-order valence-corrected chi connectivity index (χ4v) is 6.04. The summed E-state index contributed by atoms with van der Waals surface area (Å²) >= 11 is 2.83. The highest BCUT2D eigenvalue weighted by atomic mass is 32.2. The molecule has 3 heterocycles. The van der Waals surface area contributed by atoms with Crippen LogP contribution in [0.5, 0.6) is 0 Å². The van der Waals surface area contributed by atoms with E-state index in [1.165, 1.54) is 21.7 Å². The van der Waals surface area contributed by atoms with Crippen molar-refractivity contribution < 1.29 is 13.2 Å². The maximum Gasteiger partial charge on any atom is 0.250 e. The molecule has 4 rings (SSSR count). The van der Waals surface area contributed by atoms with E-state index in [4.69, 9.17) is 0 Å². The summed E-state index contributed by atoms with van der Waals surface area (Å²) in [4.78, 5) is 16.7. The van der Waals surface area contributed by atoms with E-state index in [0.29, 0.717) is 23.7 Å². The number of carbonyl (C=O) groups excluding carboxylic acids is 1. The fraction of sp³-hybridized carbons (Fsp3) is 0.222. The van der Waals surface area contributed by atoms with Crippen molar-refractivity contribution in [3.8, 4) is 0 Å². The Balaban J connectivity index is 1.53. The zero-order valence-corrected chi connectivity index (χ0v) is 16.7. The van der Waals surface area contributed by atoms with Gasteiger partial charge in [0.15, 0.2) is 5.13 Å². The number of hydrogen-bond acceptors (Lipinski definition) is 6. The number of nitrogens with zero attached hydrogens (tertiary/aromatic N) is 2. The molecule has 0 radical (unpaired) electrons. The summed E-state index contributed by atoms with van der Waals surface area (Å²) < 4.78 is 27.6. The summed E-state index contributed by atoms with van der Waals surface area (Å²) in [5, 5.41) is 7.07. The Kier molecular flexibility index (Phi) is 5.09. The molecule has 1 saturated heterocycles. The topological polar surface area (TPSA) is 79.4 Å². The highest BCUT2D eigenvalue weighted by Gasteiger charge is 2.27. The Labute approximate surface area is 165 Å². The summed E-state index contributed by atoms with van der Waals surface area (Å²) in [6.45, 7) is 1.14. The number of thiophene rings is 1. The molecule has 6 nitrogen and oxygen atoms in total. The maximum atomic E-state index is 12.7. The highest BCUT2D eigenvalue weighted by Crippen LogP contribution is 2.30. The molecule has 1 fully saturated rings. The van der Waals surface area contributed by atoms with Crippen LogP contribution in [0.1, 0.15) is 18.4 Å². The van der Waals surface area contributed by atoms with Gasteiger partial charge in [-0.1, -0.05) is 11.3 Å². The third kappa shape index (κ3) is 3.96. The molecule has 1 aromatic carbocycles. The number of carbonyl (C=O) groups is 1. The first kappa shape index (κ1) is 18.3. The van der Waals surface area contributed by atoms with Crippen molar-refractivity contribution in [1.29, 1.82) is 0 Å². The van der Waals surface area contributed by atoms with Crippen LogP contribution >= 0.6 is 22.7 Å². The number of amides is 1. The number of rotatable bonds is 5. The van der Waals surface area contributed by atoms with Gasteiger partial charge in [-0.15, -0.1) is 0 Å². The van der Waals surface area contributed by atoms with Crippen molar-refractivity contribution in [3.63, 3.8) is 0 Å². The molecule has 9 heteroatoms. The van der Waals surface area contributed by atoms with Gasteiger partial charge in [-0.05, 0) is 59.5 Å². The van der Waals surface area contributed by atoms with Gasteiger partial charge < -0.3 is 0 Å². The SMILES string of the molecule is O=C(C=Cc1ccsc1)Nc1nc2ccc(S(=O)(=O)N3CCCC3)cc2s1. The maximum absolute atomic E-state index is 12.7. The van der Waals surface area contributed by atoms with Crippen LogP contribution in [0.2, 0.25) is 0 Å². The lowest BCUT2D eigenvalue weighted by molar-refractivity contribution is -0.111. The van der Waals surface area contributed by atoms with Crippen molar-refractivity contribution in [1.82, 2.24) is 9.29 Å². The second-order valence-electron chi connectivity index (χ2n) is 6.14. The van der Waals surface area contributed by atoms with Crippen molar-refractivity contribution in [2.45, 2.75) is 17.7 Å². The fourth-order valence-electron chi connectivity index (χ4n) is 2.89. The standard InChI is InChI=1S/C18H17N3O3S3/c22-17(6-3-13-7-10-25-12-13)20-18-19-15-5-4-14(11-16(15)26-18)27(23,24)21-8-1-2-9-21/h3-7,10-12H,1-2,8-9H2,(H,19,20,22). The van der Waals surface area contributed by atoms with Crippen molar-refractivity contribution in [2.24, 2.45) is 0 Å². The summed E-state index contributed by atoms with van der Waals surface area (Å²) in [5.41, 5.74) is 1.63. The molecule has 1 amide bonds. The van der Waals surface area contributed by atoms with E-state index in [1.807, 2.05) is 16.8 Å². The largest absolute Gasteiger partial charge is 0.298 e. The number of aromatic nitrogens is 1. The highest BCUT2D eigenvalue weighted by molar-refractivity contribution is 7.89. The molecule has 1 aliphatic rings. The molecule has 1 N–H and O–H groups in total. The monoisotopic (exact) mass is 419 g/mol. The molecule has 0 unspecified atom stereocenters. The van der Waals surface area contributed by atoms with Crippen LogP contribution in [0.15, 0.2) is 46.0 Å². The van der Waals surface area contributed by atoms with Crippen LogP contribution < -0.4 is 5.32 Å². The summed E-state index contributed by atoms with van der Waals surface area (Å²) in [6, 6.07) is 6.83. The first-order chi connectivity index (χ1) is 13.0. The molecule has 3 aromatic rings. The van der Waals surface area contributed by atoms with Crippen LogP contribution in [-0.4, -0.2) is 36.7 Å². The Hall–Kier alpha value is -2.07. The Bertz CT molecular complexity index is 1100. The quantitative estimate of drug-likeness (QED) is 0.638. The minimum atomic E-state index is -3.46. The van der Waals surface area contributed by atoms with Gasteiger partial charge in [0.1, 0.15) is 0 Å². The molecule has 140 valence electrons. The van der Waals surface area contributed by atoms with Crippen LogP contribution in [0.4, 0.5) is 5.13 Å². The normalized spacial score (nSPS) is 15.7. The molecule has 0 atom stereocenters. The van der Waals surface area contributed by atoms with Crippen molar-refractivity contribution >= 4 is 60.0 Å². The summed E-state index contributed by atoms with van der Waals surface area (Å²) in [7, 11) is -3.46. The number of benzene rings is 1. The lowest BCUT2D eigenvalue weighted by atomic mass is 10.3. The van der Waals surface area contributed by atoms with E-state index < -0.39 is 10.0 Å². The number of sulfonamides is 1. The Morgan fingerprint density at radius 3 is 2.78 bits per heavy atom. The number of fused-ring (bicyclic) bond motifs is 1. The van der Waals surface area contributed by atoms with E-state index in [2.05, 4.69) is 10.3 Å². The zero-order chi connectivity index (χ0) is 18.9. The zero-order valence-electron chi connectivity index (χ0n) is 14.3. The van der Waals surface area contributed by atoms with Gasteiger partial charge in [-0.3, -0.25) is 10.1 Å². The van der Waals surface area contributed by atoms with E-state index in [9.17, 15) is 13.2 Å². The minimum Gasteiger partial charge on any atom is -0.298 e. The summed E-state index contributed by atoms with van der Waals surface area (Å²) in [5.74, 6) is -0.273. The van der Waals surface area contributed by atoms with Crippen LogP contribution in [0.3, 0.4) is 0 Å². The van der Waals surface area contributed by atoms with Crippen LogP contribution in [0, 0.1) is 0 Å². The molecular weight excluding hydrogens is 402 g/mol. The first-order valence-electron chi connectivity index (χ1n) is 8.44. The Morgan fingerprint density at radius 2 is 2.04 bits per heavy atom. The molecule has 1 aliphatic heterocycles. The van der Waals surface area contributed by atoms with E-state index in [0.717, 1.165) is 23.1 Å². The molecule has 0 aliphatic carbocycles. The average molecular weight is 420 g/mol. The minimum absolute atomic E-state index is 0.273. The van der Waals surface area contributed by atoms with E-state index in [-0.39, 0.29) is 10.8 Å². The average Bonchev–Trinajstić information content (AvgIpc) is 3.39. The van der Waals surface area contributed by atoms with Gasteiger partial charge in [0, 0.05) is 19.2 Å². The van der Waals surface area contributed by atoms with Crippen molar-refractivity contribution in [2.75, 3.05) is 18.4 Å². The molecule has 0 spiro atoms. The van der Waals surface area contributed by atoms with E-state index >= 15 is 0 Å². The van der Waals surface area contributed by atoms with Gasteiger partial charge in [0.25, 0.3) is 0 Å². The summed E-state index contributed by atoms with van der Waals surface area (Å²) in [6.07, 6.45) is 4.99. The van der Waals surface area contributed by atoms with Crippen molar-refractivity contribution in [3.05, 3.63) is 46.7 Å². The number of hydrogen-bond donors (Lipinski definition) is 1. The molecule has 0 bridgehead atoms. The Morgan fingerprint density at radius 1 is 1.22 bits per heavy atom. The van der Waals surface area contributed by atoms with Gasteiger partial charge in [-0.2, -0.15) is 15.6 Å². The third-order valence-electron chi connectivity index (χ3n) is 4.26. The lowest BCUT2D eigenvalue weighted by Gasteiger charge is -2.15. The third-order valence-corrected chi connectivity index (χ3v) is 7.79. The molecule has 2 aromatic heterocycles.